The van der Waals surface area contributed by atoms with Crippen LogP contribution in [0.3, 0.4) is 0 Å². The molecule has 4 aromatic rings. The van der Waals surface area contributed by atoms with Gasteiger partial charge in [-0.3, -0.25) is 24.2 Å². The smallest absolute Gasteiger partial charge is 0.262 e. The summed E-state index contributed by atoms with van der Waals surface area (Å²) in [6, 6.07) is 16.0. The van der Waals surface area contributed by atoms with E-state index < -0.39 is 17.7 Å². The molecule has 0 N–H and O–H groups in total. The predicted octanol–water partition coefficient (Wildman–Crippen LogP) is 4.44. The van der Waals surface area contributed by atoms with Crippen molar-refractivity contribution < 1.29 is 18.8 Å². The lowest BCUT2D eigenvalue weighted by atomic mass is 10.1. The molecule has 2 aromatic carbocycles. The molecule has 2 aromatic heterocycles. The van der Waals surface area contributed by atoms with E-state index in [1.54, 1.807) is 48.2 Å². The number of hydrogen-bond donors (Lipinski definition) is 0. The molecule has 3 heterocycles. The van der Waals surface area contributed by atoms with Crippen LogP contribution in [0, 0.1) is 0 Å². The van der Waals surface area contributed by atoms with Crippen LogP contribution in [-0.2, 0) is 11.3 Å². The zero-order chi connectivity index (χ0) is 22.2. The van der Waals surface area contributed by atoms with Gasteiger partial charge in [0, 0.05) is 4.90 Å². The first-order chi connectivity index (χ1) is 15.5. The standard InChI is InChI=1S/C23H17N3O4S2/c1-31-15-8-9-18-19(11-15)32-23(24-18)25(12-14-5-4-10-30-14)20(27)13-26-21(28)16-6-2-3-7-17(16)22(26)29/h2-11H,12-13H2,1H3. The highest BCUT2D eigenvalue weighted by Gasteiger charge is 2.37. The molecule has 1 aliphatic heterocycles. The summed E-state index contributed by atoms with van der Waals surface area (Å²) in [4.78, 5) is 47.0. The Morgan fingerprint density at radius 1 is 1.09 bits per heavy atom. The second-order valence-electron chi connectivity index (χ2n) is 7.13. The van der Waals surface area contributed by atoms with Gasteiger partial charge in [0.15, 0.2) is 5.13 Å². The average molecular weight is 464 g/mol. The van der Waals surface area contributed by atoms with E-state index in [-0.39, 0.29) is 13.1 Å². The SMILES string of the molecule is CSc1ccc2nc(N(Cc3ccco3)C(=O)CN3C(=O)c4ccccc4C3=O)sc2c1. The molecule has 0 radical (unpaired) electrons. The van der Waals surface area contributed by atoms with Crippen molar-refractivity contribution in [3.05, 3.63) is 77.7 Å². The van der Waals surface area contributed by atoms with Gasteiger partial charge in [-0.25, -0.2) is 4.98 Å². The molecule has 0 atom stereocenters. The molecule has 9 heteroatoms. The Morgan fingerprint density at radius 3 is 2.50 bits per heavy atom. The number of carbonyl (C=O) groups excluding carboxylic acids is 3. The summed E-state index contributed by atoms with van der Waals surface area (Å²) in [6.45, 7) is -0.233. The molecule has 0 aliphatic carbocycles. The first-order valence-corrected chi connectivity index (χ1v) is 11.8. The number of furan rings is 1. The van der Waals surface area contributed by atoms with Gasteiger partial charge >= 0.3 is 0 Å². The highest BCUT2D eigenvalue weighted by atomic mass is 32.2. The van der Waals surface area contributed by atoms with Crippen LogP contribution < -0.4 is 4.90 Å². The number of rotatable bonds is 6. The lowest BCUT2D eigenvalue weighted by molar-refractivity contribution is -0.119. The molecule has 0 saturated heterocycles. The fraction of sp³-hybridized carbons (Fsp3) is 0.130. The van der Waals surface area contributed by atoms with Crippen molar-refractivity contribution >= 4 is 56.2 Å². The van der Waals surface area contributed by atoms with E-state index in [1.165, 1.54) is 22.5 Å². The Hall–Kier alpha value is -3.43. The van der Waals surface area contributed by atoms with Gasteiger partial charge in [-0.1, -0.05) is 23.5 Å². The molecule has 0 saturated carbocycles. The number of carbonyl (C=O) groups is 3. The Kier molecular flexibility index (Phi) is 5.28. The van der Waals surface area contributed by atoms with Gasteiger partial charge in [0.25, 0.3) is 11.8 Å². The van der Waals surface area contributed by atoms with Crippen molar-refractivity contribution in [3.63, 3.8) is 0 Å². The molecule has 0 spiro atoms. The number of amides is 3. The summed E-state index contributed by atoms with van der Waals surface area (Å²) in [5.41, 5.74) is 1.40. The van der Waals surface area contributed by atoms with Crippen molar-refractivity contribution in [2.45, 2.75) is 11.4 Å². The summed E-state index contributed by atoms with van der Waals surface area (Å²) in [5.74, 6) is -0.776. The van der Waals surface area contributed by atoms with Gasteiger partial charge in [-0.2, -0.15) is 0 Å². The summed E-state index contributed by atoms with van der Waals surface area (Å²) in [6.07, 6.45) is 3.53. The quantitative estimate of drug-likeness (QED) is 0.311. The molecule has 5 rings (SSSR count). The number of thioether (sulfide) groups is 1. The summed E-state index contributed by atoms with van der Waals surface area (Å²) >= 11 is 3.01. The number of hydrogen-bond acceptors (Lipinski definition) is 7. The number of imide groups is 1. The lowest BCUT2D eigenvalue weighted by Crippen LogP contribution is -2.42. The van der Waals surface area contributed by atoms with Gasteiger partial charge < -0.3 is 4.42 Å². The molecule has 3 amide bonds. The minimum atomic E-state index is -0.467. The van der Waals surface area contributed by atoms with Gasteiger partial charge in [0.2, 0.25) is 5.91 Å². The second-order valence-corrected chi connectivity index (χ2v) is 9.02. The molecule has 32 heavy (non-hydrogen) atoms. The van der Waals surface area contributed by atoms with Crippen LogP contribution in [0.5, 0.6) is 0 Å². The van der Waals surface area contributed by atoms with E-state index in [4.69, 9.17) is 4.42 Å². The highest BCUT2D eigenvalue weighted by Crippen LogP contribution is 2.33. The highest BCUT2D eigenvalue weighted by molar-refractivity contribution is 7.98. The Labute approximate surface area is 191 Å². The maximum atomic E-state index is 13.4. The summed E-state index contributed by atoms with van der Waals surface area (Å²) in [5, 5.41) is 0.483. The molecular formula is C23H17N3O4S2. The fourth-order valence-electron chi connectivity index (χ4n) is 3.56. The zero-order valence-electron chi connectivity index (χ0n) is 17.0. The van der Waals surface area contributed by atoms with Crippen molar-refractivity contribution in [2.75, 3.05) is 17.7 Å². The van der Waals surface area contributed by atoms with Crippen LogP contribution in [0.25, 0.3) is 10.2 Å². The maximum Gasteiger partial charge on any atom is 0.262 e. The van der Waals surface area contributed by atoms with E-state index in [0.717, 1.165) is 20.0 Å². The molecule has 0 bridgehead atoms. The van der Waals surface area contributed by atoms with Gasteiger partial charge in [0.05, 0.1) is 34.2 Å². The lowest BCUT2D eigenvalue weighted by Gasteiger charge is -2.21. The van der Waals surface area contributed by atoms with Crippen LogP contribution >= 0.6 is 23.1 Å². The molecule has 0 unspecified atom stereocenters. The van der Waals surface area contributed by atoms with Gasteiger partial charge in [-0.15, -0.1) is 11.8 Å². The number of nitrogens with zero attached hydrogens (tertiary/aromatic N) is 3. The predicted molar refractivity (Wildman–Crippen MR) is 123 cm³/mol. The van der Waals surface area contributed by atoms with E-state index >= 15 is 0 Å². The normalized spacial score (nSPS) is 13.1. The number of fused-ring (bicyclic) bond motifs is 2. The largest absolute Gasteiger partial charge is 0.467 e. The van der Waals surface area contributed by atoms with Crippen molar-refractivity contribution in [2.24, 2.45) is 0 Å². The van der Waals surface area contributed by atoms with Crippen LogP contribution in [0.4, 0.5) is 5.13 Å². The van der Waals surface area contributed by atoms with E-state index in [0.29, 0.717) is 22.0 Å². The zero-order valence-corrected chi connectivity index (χ0v) is 18.6. The molecule has 1 aliphatic rings. The van der Waals surface area contributed by atoms with Crippen LogP contribution in [0.2, 0.25) is 0 Å². The third kappa shape index (κ3) is 3.59. The van der Waals surface area contributed by atoms with E-state index in [1.807, 2.05) is 24.5 Å². The molecule has 7 nitrogen and oxygen atoms in total. The number of aromatic nitrogens is 1. The van der Waals surface area contributed by atoms with Crippen LogP contribution in [0.1, 0.15) is 26.5 Å². The van der Waals surface area contributed by atoms with Gasteiger partial charge in [-0.05, 0) is 48.7 Å². The Balaban J connectivity index is 1.47. The number of thiazole rings is 1. The van der Waals surface area contributed by atoms with Crippen LogP contribution in [0.15, 0.2) is 70.2 Å². The minimum Gasteiger partial charge on any atom is -0.467 e. The fourth-order valence-corrected chi connectivity index (χ4v) is 5.10. The average Bonchev–Trinajstić information content (AvgIpc) is 3.53. The Morgan fingerprint density at radius 2 is 1.84 bits per heavy atom. The summed E-state index contributed by atoms with van der Waals surface area (Å²) in [7, 11) is 0. The first-order valence-electron chi connectivity index (χ1n) is 9.77. The third-order valence-corrected chi connectivity index (χ3v) is 6.95. The minimum absolute atomic E-state index is 0.143. The van der Waals surface area contributed by atoms with E-state index in [2.05, 4.69) is 4.98 Å². The molecule has 0 fully saturated rings. The second kappa shape index (κ2) is 8.25. The Bertz CT molecular complexity index is 1310. The monoisotopic (exact) mass is 463 g/mol. The van der Waals surface area contributed by atoms with E-state index in [9.17, 15) is 14.4 Å². The van der Waals surface area contributed by atoms with Crippen molar-refractivity contribution in [3.8, 4) is 0 Å². The number of anilines is 1. The van der Waals surface area contributed by atoms with Crippen molar-refractivity contribution in [1.29, 1.82) is 0 Å². The maximum absolute atomic E-state index is 13.4. The molecule has 160 valence electrons. The van der Waals surface area contributed by atoms with Crippen molar-refractivity contribution in [1.82, 2.24) is 9.88 Å². The van der Waals surface area contributed by atoms with Gasteiger partial charge in [0.1, 0.15) is 12.3 Å². The summed E-state index contributed by atoms with van der Waals surface area (Å²) < 4.78 is 6.39. The molecular weight excluding hydrogens is 446 g/mol. The van der Waals surface area contributed by atoms with Crippen LogP contribution in [-0.4, -0.2) is 40.4 Å². The third-order valence-electron chi connectivity index (χ3n) is 5.18. The topological polar surface area (TPSA) is 83.7 Å². The number of benzene rings is 2. The first kappa shape index (κ1) is 20.5.